The SMILES string of the molecule is CC(NCCN)c1cccc(F)c1. The van der Waals surface area contributed by atoms with E-state index in [4.69, 9.17) is 5.73 Å². The van der Waals surface area contributed by atoms with Crippen molar-refractivity contribution in [2.75, 3.05) is 13.1 Å². The third-order valence-corrected chi connectivity index (χ3v) is 1.94. The van der Waals surface area contributed by atoms with Crippen LogP contribution in [0.25, 0.3) is 0 Å². The Labute approximate surface area is 77.9 Å². The molecule has 13 heavy (non-hydrogen) atoms. The highest BCUT2D eigenvalue weighted by atomic mass is 19.1. The van der Waals surface area contributed by atoms with E-state index < -0.39 is 0 Å². The molecule has 0 amide bonds. The van der Waals surface area contributed by atoms with Crippen molar-refractivity contribution in [1.82, 2.24) is 5.32 Å². The lowest BCUT2D eigenvalue weighted by atomic mass is 10.1. The van der Waals surface area contributed by atoms with Crippen LogP contribution in [0.3, 0.4) is 0 Å². The number of benzene rings is 1. The molecule has 0 spiro atoms. The quantitative estimate of drug-likeness (QED) is 0.739. The third-order valence-electron chi connectivity index (χ3n) is 1.94. The summed E-state index contributed by atoms with van der Waals surface area (Å²) in [7, 11) is 0. The van der Waals surface area contributed by atoms with Gasteiger partial charge in [0.1, 0.15) is 5.82 Å². The van der Waals surface area contributed by atoms with E-state index >= 15 is 0 Å². The van der Waals surface area contributed by atoms with E-state index in [2.05, 4.69) is 5.32 Å². The Morgan fingerprint density at radius 2 is 2.31 bits per heavy atom. The van der Waals surface area contributed by atoms with E-state index in [9.17, 15) is 4.39 Å². The van der Waals surface area contributed by atoms with Crippen LogP contribution in [0.15, 0.2) is 24.3 Å². The summed E-state index contributed by atoms with van der Waals surface area (Å²) in [6.45, 7) is 3.34. The lowest BCUT2D eigenvalue weighted by Crippen LogP contribution is -2.25. The molecule has 0 aromatic heterocycles. The molecule has 72 valence electrons. The summed E-state index contributed by atoms with van der Waals surface area (Å²) in [5, 5.41) is 3.18. The zero-order valence-corrected chi connectivity index (χ0v) is 7.76. The average Bonchev–Trinajstić information content (AvgIpc) is 2.14. The van der Waals surface area contributed by atoms with Crippen molar-refractivity contribution < 1.29 is 4.39 Å². The monoisotopic (exact) mass is 182 g/mol. The van der Waals surface area contributed by atoms with Gasteiger partial charge in [0.25, 0.3) is 0 Å². The zero-order chi connectivity index (χ0) is 9.68. The van der Waals surface area contributed by atoms with E-state index in [1.165, 1.54) is 12.1 Å². The average molecular weight is 182 g/mol. The van der Waals surface area contributed by atoms with Gasteiger partial charge in [0.05, 0.1) is 0 Å². The maximum Gasteiger partial charge on any atom is 0.123 e. The van der Waals surface area contributed by atoms with Crippen LogP contribution in [-0.2, 0) is 0 Å². The lowest BCUT2D eigenvalue weighted by Gasteiger charge is -2.13. The molecule has 2 nitrogen and oxygen atoms in total. The molecule has 0 aliphatic carbocycles. The number of rotatable bonds is 4. The summed E-state index contributed by atoms with van der Waals surface area (Å²) in [4.78, 5) is 0. The Morgan fingerprint density at radius 1 is 1.54 bits per heavy atom. The smallest absolute Gasteiger partial charge is 0.123 e. The first-order valence-corrected chi connectivity index (χ1v) is 4.43. The molecule has 3 N–H and O–H groups in total. The summed E-state index contributed by atoms with van der Waals surface area (Å²) in [6.07, 6.45) is 0. The van der Waals surface area contributed by atoms with Crippen LogP contribution in [0.2, 0.25) is 0 Å². The molecule has 1 rings (SSSR count). The predicted octanol–water partition coefficient (Wildman–Crippen LogP) is 1.43. The molecule has 1 unspecified atom stereocenters. The minimum atomic E-state index is -0.195. The second-order valence-electron chi connectivity index (χ2n) is 3.02. The first-order chi connectivity index (χ1) is 6.24. The molecule has 1 aromatic carbocycles. The second-order valence-corrected chi connectivity index (χ2v) is 3.02. The van der Waals surface area contributed by atoms with E-state index in [1.807, 2.05) is 13.0 Å². The highest BCUT2D eigenvalue weighted by Gasteiger charge is 2.03. The number of hydrogen-bond acceptors (Lipinski definition) is 2. The standard InChI is InChI=1S/C10H15FN2/c1-8(13-6-5-12)9-3-2-4-10(11)7-9/h2-4,7-8,13H,5-6,12H2,1H3. The Morgan fingerprint density at radius 3 is 2.92 bits per heavy atom. The first kappa shape index (κ1) is 10.2. The molecule has 1 atom stereocenters. The van der Waals surface area contributed by atoms with Gasteiger partial charge in [0.2, 0.25) is 0 Å². The van der Waals surface area contributed by atoms with Crippen LogP contribution in [-0.4, -0.2) is 13.1 Å². The summed E-state index contributed by atoms with van der Waals surface area (Å²) in [6, 6.07) is 6.75. The number of nitrogens with two attached hydrogens (primary N) is 1. The molecular formula is C10H15FN2. The Hall–Kier alpha value is -0.930. The summed E-state index contributed by atoms with van der Waals surface area (Å²) < 4.78 is 12.8. The van der Waals surface area contributed by atoms with Crippen molar-refractivity contribution in [3.05, 3.63) is 35.6 Å². The molecule has 0 bridgehead atoms. The van der Waals surface area contributed by atoms with Crippen molar-refractivity contribution in [2.24, 2.45) is 5.73 Å². The molecule has 0 radical (unpaired) electrons. The Balaban J connectivity index is 2.60. The molecule has 0 saturated carbocycles. The number of hydrogen-bond donors (Lipinski definition) is 2. The molecule has 0 aliphatic rings. The van der Waals surface area contributed by atoms with E-state index in [0.717, 1.165) is 12.1 Å². The highest BCUT2D eigenvalue weighted by molar-refractivity contribution is 5.19. The summed E-state index contributed by atoms with van der Waals surface area (Å²) >= 11 is 0. The van der Waals surface area contributed by atoms with Crippen molar-refractivity contribution >= 4 is 0 Å². The van der Waals surface area contributed by atoms with Crippen LogP contribution in [0.1, 0.15) is 18.5 Å². The van der Waals surface area contributed by atoms with Gasteiger partial charge in [0.15, 0.2) is 0 Å². The summed E-state index contributed by atoms with van der Waals surface area (Å²) in [5.74, 6) is -0.195. The minimum Gasteiger partial charge on any atom is -0.329 e. The number of nitrogens with one attached hydrogen (secondary N) is 1. The van der Waals surface area contributed by atoms with Crippen LogP contribution in [0.5, 0.6) is 0 Å². The Kier molecular flexibility index (Phi) is 3.86. The van der Waals surface area contributed by atoms with Crippen LogP contribution >= 0.6 is 0 Å². The van der Waals surface area contributed by atoms with E-state index in [1.54, 1.807) is 6.07 Å². The maximum absolute atomic E-state index is 12.8. The maximum atomic E-state index is 12.8. The van der Waals surface area contributed by atoms with Crippen LogP contribution < -0.4 is 11.1 Å². The topological polar surface area (TPSA) is 38.0 Å². The fourth-order valence-electron chi connectivity index (χ4n) is 1.19. The van der Waals surface area contributed by atoms with Gasteiger partial charge in [-0.15, -0.1) is 0 Å². The van der Waals surface area contributed by atoms with Gasteiger partial charge in [-0.25, -0.2) is 4.39 Å². The van der Waals surface area contributed by atoms with Gasteiger partial charge in [-0.2, -0.15) is 0 Å². The first-order valence-electron chi connectivity index (χ1n) is 4.43. The molecule has 0 aliphatic heterocycles. The van der Waals surface area contributed by atoms with E-state index in [-0.39, 0.29) is 11.9 Å². The largest absolute Gasteiger partial charge is 0.329 e. The summed E-state index contributed by atoms with van der Waals surface area (Å²) in [5.41, 5.74) is 6.30. The lowest BCUT2D eigenvalue weighted by molar-refractivity contribution is 0.571. The molecule has 0 saturated heterocycles. The van der Waals surface area contributed by atoms with Gasteiger partial charge < -0.3 is 11.1 Å². The third kappa shape index (κ3) is 3.13. The molecule has 3 heteroatoms. The van der Waals surface area contributed by atoms with Gasteiger partial charge in [-0.05, 0) is 24.6 Å². The van der Waals surface area contributed by atoms with Crippen molar-refractivity contribution in [3.63, 3.8) is 0 Å². The zero-order valence-electron chi connectivity index (χ0n) is 7.76. The van der Waals surface area contributed by atoms with Gasteiger partial charge in [-0.1, -0.05) is 12.1 Å². The minimum absolute atomic E-state index is 0.152. The molecular weight excluding hydrogens is 167 g/mol. The van der Waals surface area contributed by atoms with Crippen LogP contribution in [0, 0.1) is 5.82 Å². The highest BCUT2D eigenvalue weighted by Crippen LogP contribution is 2.12. The predicted molar refractivity (Wildman–Crippen MR) is 51.9 cm³/mol. The number of halogens is 1. The van der Waals surface area contributed by atoms with Gasteiger partial charge >= 0.3 is 0 Å². The van der Waals surface area contributed by atoms with Gasteiger partial charge in [0, 0.05) is 19.1 Å². The van der Waals surface area contributed by atoms with Crippen molar-refractivity contribution in [1.29, 1.82) is 0 Å². The fraction of sp³-hybridized carbons (Fsp3) is 0.400. The molecule has 1 aromatic rings. The van der Waals surface area contributed by atoms with Crippen molar-refractivity contribution in [2.45, 2.75) is 13.0 Å². The van der Waals surface area contributed by atoms with Crippen LogP contribution in [0.4, 0.5) is 4.39 Å². The molecule has 0 fully saturated rings. The van der Waals surface area contributed by atoms with Crippen molar-refractivity contribution in [3.8, 4) is 0 Å². The Bertz CT molecular complexity index is 263. The molecule has 0 heterocycles. The van der Waals surface area contributed by atoms with E-state index in [0.29, 0.717) is 6.54 Å². The normalized spacial score (nSPS) is 12.8. The fourth-order valence-corrected chi connectivity index (χ4v) is 1.19. The van der Waals surface area contributed by atoms with Gasteiger partial charge in [-0.3, -0.25) is 0 Å². The second kappa shape index (κ2) is 4.94.